The largest absolute Gasteiger partial charge is 0.465 e. The molecule has 0 aliphatic rings. The minimum atomic E-state index is -0.370. The molecule has 24 heavy (non-hydrogen) atoms. The van der Waals surface area contributed by atoms with Crippen LogP contribution in [-0.4, -0.2) is 25.5 Å². The molecule has 0 radical (unpaired) electrons. The number of ether oxygens (including phenoxy) is 1. The number of methoxy groups -OCH3 is 1. The van der Waals surface area contributed by atoms with Crippen molar-refractivity contribution in [1.82, 2.24) is 0 Å². The fourth-order valence-corrected chi connectivity index (χ4v) is 2.62. The summed E-state index contributed by atoms with van der Waals surface area (Å²) >= 11 is 3.40. The van der Waals surface area contributed by atoms with E-state index < -0.39 is 0 Å². The van der Waals surface area contributed by atoms with E-state index in [-0.39, 0.29) is 11.9 Å². The maximum absolute atomic E-state index is 12.0. The second-order valence-electron chi connectivity index (χ2n) is 5.25. The molecule has 0 aliphatic carbocycles. The summed E-state index contributed by atoms with van der Waals surface area (Å²) in [5, 5.41) is 6.04. The lowest BCUT2D eigenvalue weighted by molar-refractivity contribution is -0.115. The molecule has 0 saturated heterocycles. The minimum absolute atomic E-state index is 0.0564. The van der Waals surface area contributed by atoms with Crippen molar-refractivity contribution in [3.05, 3.63) is 58.1 Å². The highest BCUT2D eigenvalue weighted by Gasteiger charge is 2.06. The SMILES string of the molecule is COC(=O)c1ccc(NCCC(=O)Nc2ccc(Br)cc2C)cc1. The molecular weight excluding hydrogens is 372 g/mol. The third-order valence-corrected chi connectivity index (χ3v) is 3.94. The van der Waals surface area contributed by atoms with Crippen LogP contribution in [0.4, 0.5) is 11.4 Å². The van der Waals surface area contributed by atoms with Crippen LogP contribution in [0.3, 0.4) is 0 Å². The first kappa shape index (κ1) is 18.0. The van der Waals surface area contributed by atoms with Crippen molar-refractivity contribution in [3.8, 4) is 0 Å². The summed E-state index contributed by atoms with van der Waals surface area (Å²) in [7, 11) is 1.35. The molecule has 2 aromatic carbocycles. The average molecular weight is 391 g/mol. The number of hydrogen-bond acceptors (Lipinski definition) is 4. The van der Waals surface area contributed by atoms with E-state index in [1.54, 1.807) is 24.3 Å². The molecule has 2 rings (SSSR count). The van der Waals surface area contributed by atoms with Gasteiger partial charge in [-0.2, -0.15) is 0 Å². The average Bonchev–Trinajstić information content (AvgIpc) is 2.57. The zero-order valence-electron chi connectivity index (χ0n) is 13.6. The normalized spacial score (nSPS) is 10.1. The van der Waals surface area contributed by atoms with Gasteiger partial charge in [0.15, 0.2) is 0 Å². The van der Waals surface area contributed by atoms with E-state index in [4.69, 9.17) is 0 Å². The molecule has 0 bridgehead atoms. The number of carbonyl (C=O) groups is 2. The molecule has 126 valence electrons. The van der Waals surface area contributed by atoms with Gasteiger partial charge in [-0.3, -0.25) is 4.79 Å². The van der Waals surface area contributed by atoms with Gasteiger partial charge in [-0.15, -0.1) is 0 Å². The van der Waals surface area contributed by atoms with E-state index in [2.05, 4.69) is 31.3 Å². The Hall–Kier alpha value is -2.34. The van der Waals surface area contributed by atoms with Gasteiger partial charge in [0, 0.05) is 28.8 Å². The lowest BCUT2D eigenvalue weighted by Crippen LogP contribution is -2.16. The van der Waals surface area contributed by atoms with Crippen LogP contribution >= 0.6 is 15.9 Å². The Labute approximate surface area is 149 Å². The van der Waals surface area contributed by atoms with Crippen molar-refractivity contribution in [2.45, 2.75) is 13.3 Å². The lowest BCUT2D eigenvalue weighted by Gasteiger charge is -2.10. The number of halogens is 1. The molecule has 0 aliphatic heterocycles. The summed E-state index contributed by atoms with van der Waals surface area (Å²) < 4.78 is 5.63. The molecule has 0 spiro atoms. The highest BCUT2D eigenvalue weighted by molar-refractivity contribution is 9.10. The summed E-state index contributed by atoms with van der Waals surface area (Å²) in [5.74, 6) is -0.426. The van der Waals surface area contributed by atoms with Gasteiger partial charge in [0.2, 0.25) is 5.91 Å². The van der Waals surface area contributed by atoms with Gasteiger partial charge in [0.05, 0.1) is 12.7 Å². The van der Waals surface area contributed by atoms with E-state index in [1.165, 1.54) is 7.11 Å². The van der Waals surface area contributed by atoms with Crippen molar-refractivity contribution in [3.63, 3.8) is 0 Å². The van der Waals surface area contributed by atoms with Crippen LogP contribution in [0.25, 0.3) is 0 Å². The molecule has 0 heterocycles. The summed E-state index contributed by atoms with van der Waals surface area (Å²) in [4.78, 5) is 23.3. The molecule has 0 fully saturated rings. The molecule has 5 nitrogen and oxygen atoms in total. The highest BCUT2D eigenvalue weighted by Crippen LogP contribution is 2.20. The minimum Gasteiger partial charge on any atom is -0.465 e. The van der Waals surface area contributed by atoms with Crippen molar-refractivity contribution in [1.29, 1.82) is 0 Å². The molecule has 1 amide bonds. The number of anilines is 2. The van der Waals surface area contributed by atoms with Gasteiger partial charge in [0.1, 0.15) is 0 Å². The molecule has 6 heteroatoms. The van der Waals surface area contributed by atoms with Crippen LogP contribution < -0.4 is 10.6 Å². The summed E-state index contributed by atoms with van der Waals surface area (Å²) in [5.41, 5.74) is 3.15. The number of amides is 1. The van der Waals surface area contributed by atoms with Crippen molar-refractivity contribution < 1.29 is 14.3 Å². The number of aryl methyl sites for hydroxylation is 1. The Morgan fingerprint density at radius 3 is 2.46 bits per heavy atom. The lowest BCUT2D eigenvalue weighted by atomic mass is 10.2. The quantitative estimate of drug-likeness (QED) is 0.731. The number of rotatable bonds is 6. The Balaban J connectivity index is 1.81. The second kappa shape index (κ2) is 8.49. The number of nitrogens with one attached hydrogen (secondary N) is 2. The number of carbonyl (C=O) groups excluding carboxylic acids is 2. The fraction of sp³-hybridized carbons (Fsp3) is 0.222. The van der Waals surface area contributed by atoms with Crippen LogP contribution in [0, 0.1) is 6.92 Å². The third kappa shape index (κ3) is 5.09. The number of hydrogen-bond donors (Lipinski definition) is 2. The predicted molar refractivity (Wildman–Crippen MR) is 98.4 cm³/mol. The van der Waals surface area contributed by atoms with Crippen LogP contribution in [0.1, 0.15) is 22.3 Å². The zero-order chi connectivity index (χ0) is 17.5. The van der Waals surface area contributed by atoms with Gasteiger partial charge in [-0.25, -0.2) is 4.79 Å². The molecule has 0 saturated carbocycles. The Morgan fingerprint density at radius 1 is 1.12 bits per heavy atom. The standard InChI is InChI=1S/C18H19BrN2O3/c1-12-11-14(19)5-8-16(12)21-17(22)9-10-20-15-6-3-13(4-7-15)18(23)24-2/h3-8,11,20H,9-10H2,1-2H3,(H,21,22). The first-order chi connectivity index (χ1) is 11.5. The maximum atomic E-state index is 12.0. The summed E-state index contributed by atoms with van der Waals surface area (Å²) in [6.45, 7) is 2.44. The summed E-state index contributed by atoms with van der Waals surface area (Å²) in [6, 6.07) is 12.6. The van der Waals surface area contributed by atoms with Crippen LogP contribution in [0.5, 0.6) is 0 Å². The molecular formula is C18H19BrN2O3. The summed E-state index contributed by atoms with van der Waals surface area (Å²) in [6.07, 6.45) is 0.342. The van der Waals surface area contributed by atoms with Crippen LogP contribution in [0.15, 0.2) is 46.9 Å². The van der Waals surface area contributed by atoms with Gasteiger partial charge < -0.3 is 15.4 Å². The third-order valence-electron chi connectivity index (χ3n) is 3.45. The number of esters is 1. The molecule has 2 N–H and O–H groups in total. The van der Waals surface area contributed by atoms with Crippen LogP contribution in [0.2, 0.25) is 0 Å². The topological polar surface area (TPSA) is 67.4 Å². The zero-order valence-corrected chi connectivity index (χ0v) is 15.1. The highest BCUT2D eigenvalue weighted by atomic mass is 79.9. The van der Waals surface area contributed by atoms with Gasteiger partial charge in [0.25, 0.3) is 0 Å². The molecule has 2 aromatic rings. The van der Waals surface area contributed by atoms with Crippen molar-refractivity contribution in [2.75, 3.05) is 24.3 Å². The van der Waals surface area contributed by atoms with Gasteiger partial charge >= 0.3 is 5.97 Å². The maximum Gasteiger partial charge on any atom is 0.337 e. The Bertz CT molecular complexity index is 730. The monoisotopic (exact) mass is 390 g/mol. The van der Waals surface area contributed by atoms with E-state index in [1.807, 2.05) is 25.1 Å². The van der Waals surface area contributed by atoms with Crippen LogP contribution in [-0.2, 0) is 9.53 Å². The van der Waals surface area contributed by atoms with Crippen molar-refractivity contribution >= 4 is 39.2 Å². The van der Waals surface area contributed by atoms with E-state index >= 15 is 0 Å². The Morgan fingerprint density at radius 2 is 1.83 bits per heavy atom. The predicted octanol–water partition coefficient (Wildman–Crippen LogP) is 3.98. The Kier molecular flexibility index (Phi) is 6.37. The van der Waals surface area contributed by atoms with E-state index in [9.17, 15) is 9.59 Å². The molecule has 0 unspecified atom stereocenters. The van der Waals surface area contributed by atoms with Gasteiger partial charge in [-0.1, -0.05) is 15.9 Å². The van der Waals surface area contributed by atoms with E-state index in [0.29, 0.717) is 18.5 Å². The molecule has 0 atom stereocenters. The van der Waals surface area contributed by atoms with Gasteiger partial charge in [-0.05, 0) is 55.0 Å². The number of benzene rings is 2. The second-order valence-corrected chi connectivity index (χ2v) is 6.17. The fourth-order valence-electron chi connectivity index (χ4n) is 2.14. The van der Waals surface area contributed by atoms with Crippen molar-refractivity contribution in [2.24, 2.45) is 0 Å². The smallest absolute Gasteiger partial charge is 0.337 e. The molecule has 0 aromatic heterocycles. The first-order valence-corrected chi connectivity index (χ1v) is 8.27. The van der Waals surface area contributed by atoms with E-state index in [0.717, 1.165) is 21.4 Å². The first-order valence-electron chi connectivity index (χ1n) is 7.48.